The molecule has 1 fully saturated rings. The van der Waals surface area contributed by atoms with E-state index < -0.39 is 0 Å². The Labute approximate surface area is 204 Å². The lowest BCUT2D eigenvalue weighted by molar-refractivity contribution is -0.694. The van der Waals surface area contributed by atoms with E-state index in [2.05, 4.69) is 24.3 Å². The van der Waals surface area contributed by atoms with Gasteiger partial charge in [0.15, 0.2) is 18.0 Å². The molecule has 0 N–H and O–H groups in total. The molecule has 6 heteroatoms. The van der Waals surface area contributed by atoms with Gasteiger partial charge in [0.1, 0.15) is 12.0 Å². The first-order valence-electron chi connectivity index (χ1n) is 11.5. The van der Waals surface area contributed by atoms with Crippen LogP contribution in [0.3, 0.4) is 0 Å². The van der Waals surface area contributed by atoms with Crippen molar-refractivity contribution in [3.05, 3.63) is 118 Å². The van der Waals surface area contributed by atoms with Crippen molar-refractivity contribution in [3.8, 4) is 11.4 Å². The lowest BCUT2D eigenvalue weighted by Crippen LogP contribution is -2.16. The number of pyridine rings is 1. The average Bonchev–Trinajstić information content (AvgIpc) is 3.38. The van der Waals surface area contributed by atoms with Crippen molar-refractivity contribution in [2.75, 3.05) is 27.7 Å². The van der Waals surface area contributed by atoms with E-state index >= 15 is 4.39 Å². The molecule has 2 aliphatic heterocycles. The minimum absolute atomic E-state index is 0.146. The SMILES string of the molecule is CN=CC=C(Cc1ccccc1)c1cn(-c2cc(C3=C[N+]4(C)CC4=C3)ccc2F)cc(OC)c1=O. The van der Waals surface area contributed by atoms with Crippen molar-refractivity contribution in [2.24, 2.45) is 4.99 Å². The molecule has 1 atom stereocenters. The van der Waals surface area contributed by atoms with Crippen LogP contribution >= 0.6 is 0 Å². The topological polar surface area (TPSA) is 43.6 Å². The molecule has 0 aliphatic carbocycles. The van der Waals surface area contributed by atoms with Crippen LogP contribution in [0.5, 0.6) is 5.75 Å². The standard InChI is InChI=1S/C29H27FN3O2/c1-31-12-11-22(13-20-7-5-4-6-8-20)25-16-32(17-28(35-3)29(25)34)27-15-21(9-10-26(27)30)23-14-24-19-33(24,2)18-23/h4-12,14-18H,13,19H2,1-3H3/q+1. The molecule has 1 unspecified atom stereocenters. The van der Waals surface area contributed by atoms with Crippen LogP contribution in [-0.4, -0.2) is 43.0 Å². The van der Waals surface area contributed by atoms with Gasteiger partial charge in [-0.3, -0.25) is 14.3 Å². The fraction of sp³-hybridized carbons (Fsp3) is 0.172. The molecule has 176 valence electrons. The second-order valence-corrected chi connectivity index (χ2v) is 9.05. The summed E-state index contributed by atoms with van der Waals surface area (Å²) in [6.07, 6.45) is 11.6. The van der Waals surface area contributed by atoms with Crippen LogP contribution in [0.1, 0.15) is 16.7 Å². The summed E-state index contributed by atoms with van der Waals surface area (Å²) in [6.45, 7) is 1.04. The summed E-state index contributed by atoms with van der Waals surface area (Å²) < 4.78 is 23.0. The molecule has 0 amide bonds. The molecule has 1 saturated heterocycles. The lowest BCUT2D eigenvalue weighted by atomic mass is 9.98. The Morgan fingerprint density at radius 3 is 2.69 bits per heavy atom. The summed E-state index contributed by atoms with van der Waals surface area (Å²) in [5, 5.41) is 0. The highest BCUT2D eigenvalue weighted by atomic mass is 19.1. The maximum Gasteiger partial charge on any atom is 0.230 e. The lowest BCUT2D eigenvalue weighted by Gasteiger charge is -2.15. The number of fused-ring (bicyclic) bond motifs is 1. The van der Waals surface area contributed by atoms with Gasteiger partial charge in [0, 0.05) is 36.7 Å². The Bertz CT molecular complexity index is 1480. The summed E-state index contributed by atoms with van der Waals surface area (Å²) in [5.74, 6) is -0.237. The van der Waals surface area contributed by atoms with Crippen molar-refractivity contribution in [1.82, 2.24) is 4.57 Å². The minimum Gasteiger partial charge on any atom is -0.491 e. The zero-order valence-electron chi connectivity index (χ0n) is 20.0. The van der Waals surface area contributed by atoms with E-state index in [9.17, 15) is 4.79 Å². The van der Waals surface area contributed by atoms with Crippen molar-refractivity contribution >= 4 is 17.4 Å². The third-order valence-corrected chi connectivity index (χ3v) is 6.57. The fourth-order valence-corrected chi connectivity index (χ4v) is 4.48. The van der Waals surface area contributed by atoms with E-state index in [1.54, 1.807) is 36.3 Å². The Kier molecular flexibility index (Phi) is 5.83. The van der Waals surface area contributed by atoms with E-state index in [0.29, 0.717) is 17.7 Å². The Morgan fingerprint density at radius 1 is 1.20 bits per heavy atom. The van der Waals surface area contributed by atoms with Gasteiger partial charge in [-0.25, -0.2) is 4.39 Å². The second kappa shape index (κ2) is 8.96. The first-order valence-corrected chi connectivity index (χ1v) is 11.5. The van der Waals surface area contributed by atoms with Gasteiger partial charge >= 0.3 is 0 Å². The number of likely N-dealkylation sites (N-methyl/N-ethyl adjacent to an activating group) is 1. The summed E-state index contributed by atoms with van der Waals surface area (Å²) in [5.41, 5.74) is 5.71. The van der Waals surface area contributed by atoms with Crippen LogP contribution in [0.2, 0.25) is 0 Å². The van der Waals surface area contributed by atoms with Gasteiger partial charge in [0.25, 0.3) is 0 Å². The third kappa shape index (κ3) is 4.40. The molecular formula is C29H27FN3O2+. The highest BCUT2D eigenvalue weighted by Gasteiger charge is 2.48. The van der Waals surface area contributed by atoms with Crippen molar-refractivity contribution in [2.45, 2.75) is 6.42 Å². The van der Waals surface area contributed by atoms with Crippen LogP contribution in [-0.2, 0) is 6.42 Å². The number of allylic oxidation sites excluding steroid dienone is 4. The number of quaternary nitrogens is 1. The Balaban J connectivity index is 1.62. The van der Waals surface area contributed by atoms with Gasteiger partial charge < -0.3 is 9.30 Å². The largest absolute Gasteiger partial charge is 0.491 e. The molecule has 35 heavy (non-hydrogen) atoms. The summed E-state index contributed by atoms with van der Waals surface area (Å²) in [6, 6.07) is 15.0. The number of benzene rings is 2. The van der Waals surface area contributed by atoms with Crippen LogP contribution in [0.4, 0.5) is 4.39 Å². The average molecular weight is 469 g/mol. The summed E-state index contributed by atoms with van der Waals surface area (Å²) >= 11 is 0. The van der Waals surface area contributed by atoms with Crippen molar-refractivity contribution < 1.29 is 13.6 Å². The number of hydrogen-bond donors (Lipinski definition) is 0. The number of hydrogen-bond acceptors (Lipinski definition) is 3. The van der Waals surface area contributed by atoms with Crippen LogP contribution in [0.25, 0.3) is 16.8 Å². The highest BCUT2D eigenvalue weighted by molar-refractivity contribution is 5.85. The number of ether oxygens (including phenoxy) is 1. The maximum atomic E-state index is 15.1. The molecule has 3 aromatic rings. The predicted octanol–water partition coefficient (Wildman–Crippen LogP) is 5.01. The zero-order valence-corrected chi connectivity index (χ0v) is 20.0. The Morgan fingerprint density at radius 2 is 2.00 bits per heavy atom. The van der Waals surface area contributed by atoms with E-state index in [4.69, 9.17) is 4.74 Å². The fourth-order valence-electron chi connectivity index (χ4n) is 4.48. The minimum atomic E-state index is -0.383. The number of rotatable bonds is 7. The van der Waals surface area contributed by atoms with Crippen LogP contribution < -0.4 is 10.2 Å². The smallest absolute Gasteiger partial charge is 0.230 e. The van der Waals surface area contributed by atoms with Gasteiger partial charge in [0.05, 0.1) is 26.0 Å². The normalized spacial score (nSPS) is 18.9. The van der Waals surface area contributed by atoms with Crippen molar-refractivity contribution in [1.29, 1.82) is 0 Å². The van der Waals surface area contributed by atoms with Gasteiger partial charge in [-0.1, -0.05) is 36.4 Å². The molecular weight excluding hydrogens is 441 g/mol. The molecule has 5 rings (SSSR count). The van der Waals surface area contributed by atoms with E-state index in [-0.39, 0.29) is 17.0 Å². The maximum absolute atomic E-state index is 15.1. The molecule has 0 radical (unpaired) electrons. The number of aliphatic imine (C=N–C) groups is 1. The van der Waals surface area contributed by atoms with Gasteiger partial charge in [-0.2, -0.15) is 0 Å². The molecule has 3 heterocycles. The molecule has 0 saturated carbocycles. The number of nitrogens with zero attached hydrogens (tertiary/aromatic N) is 3. The van der Waals surface area contributed by atoms with Gasteiger partial charge in [0.2, 0.25) is 5.43 Å². The first kappa shape index (κ1) is 22.7. The third-order valence-electron chi connectivity index (χ3n) is 6.57. The highest BCUT2D eigenvalue weighted by Crippen LogP contribution is 2.43. The van der Waals surface area contributed by atoms with Crippen molar-refractivity contribution in [3.63, 3.8) is 0 Å². The molecule has 2 aromatic carbocycles. The first-order chi connectivity index (χ1) is 16.9. The molecule has 1 aromatic heterocycles. The van der Waals surface area contributed by atoms with Crippen LogP contribution in [0, 0.1) is 5.82 Å². The molecule has 0 bridgehead atoms. The van der Waals surface area contributed by atoms with Gasteiger partial charge in [-0.05, 0) is 41.3 Å². The second-order valence-electron chi connectivity index (χ2n) is 9.05. The van der Waals surface area contributed by atoms with E-state index in [1.165, 1.54) is 18.9 Å². The number of aromatic nitrogens is 1. The summed E-state index contributed by atoms with van der Waals surface area (Å²) in [4.78, 5) is 17.3. The number of halogens is 1. The monoisotopic (exact) mass is 468 g/mol. The predicted molar refractivity (Wildman–Crippen MR) is 138 cm³/mol. The van der Waals surface area contributed by atoms with Crippen LogP contribution in [0.15, 0.2) is 94.8 Å². The molecule has 0 spiro atoms. The quantitative estimate of drug-likeness (QED) is 0.278. The van der Waals surface area contributed by atoms with E-state index in [1.807, 2.05) is 42.5 Å². The van der Waals surface area contributed by atoms with Gasteiger partial charge in [-0.15, -0.1) is 0 Å². The Hall–Kier alpha value is -4.03. The van der Waals surface area contributed by atoms with E-state index in [0.717, 1.165) is 33.3 Å². The summed E-state index contributed by atoms with van der Waals surface area (Å²) in [7, 11) is 5.28. The molecule has 5 nitrogen and oxygen atoms in total. The molecule has 2 aliphatic rings. The number of methoxy groups -OCH3 is 1. The zero-order chi connectivity index (χ0) is 24.6.